The first-order valence-corrected chi connectivity index (χ1v) is 19.7. The summed E-state index contributed by atoms with van der Waals surface area (Å²) in [6.45, 7) is 10.6. The Balaban J connectivity index is 1.17. The minimum Gasteiger partial charge on any atom is -0.458 e. The van der Waals surface area contributed by atoms with Gasteiger partial charge in [-0.3, -0.25) is 9.59 Å². The molecule has 8 nitrogen and oxygen atoms in total. The number of carbonyl (C=O) groups excluding carboxylic acids is 3. The zero-order chi connectivity index (χ0) is 37.1. The Morgan fingerprint density at radius 2 is 1.72 bits per heavy atom. The van der Waals surface area contributed by atoms with E-state index in [1.165, 1.54) is 16.8 Å². The number of hydrogen-bond acceptors (Lipinski definition) is 8. The fourth-order valence-electron chi connectivity index (χ4n) is 8.42. The van der Waals surface area contributed by atoms with Gasteiger partial charge in [0.25, 0.3) is 0 Å². The monoisotopic (exact) mass is 716 g/mol. The summed E-state index contributed by atoms with van der Waals surface area (Å²) in [5, 5.41) is 0. The van der Waals surface area contributed by atoms with Crippen molar-refractivity contribution in [1.29, 1.82) is 0 Å². The van der Waals surface area contributed by atoms with Gasteiger partial charge >= 0.3 is 11.9 Å². The third kappa shape index (κ3) is 8.27. The van der Waals surface area contributed by atoms with E-state index in [-0.39, 0.29) is 35.4 Å². The van der Waals surface area contributed by atoms with E-state index in [4.69, 9.17) is 19.2 Å². The van der Waals surface area contributed by atoms with Crippen LogP contribution in [0.4, 0.5) is 11.4 Å². The zero-order valence-corrected chi connectivity index (χ0v) is 31.6. The van der Waals surface area contributed by atoms with Crippen LogP contribution in [0.1, 0.15) is 105 Å². The first kappa shape index (κ1) is 36.6. The van der Waals surface area contributed by atoms with Crippen LogP contribution in [0.25, 0.3) is 6.08 Å². The summed E-state index contributed by atoms with van der Waals surface area (Å²) in [6.07, 6.45) is 10.4. The number of anilines is 1. The Morgan fingerprint density at radius 1 is 1.00 bits per heavy atom. The number of benzene rings is 3. The van der Waals surface area contributed by atoms with Crippen LogP contribution in [0.3, 0.4) is 0 Å². The maximum Gasteiger partial charge on any atom is 0.340 e. The molecule has 0 aromatic heterocycles. The largest absolute Gasteiger partial charge is 0.458 e. The van der Waals surface area contributed by atoms with Gasteiger partial charge < -0.3 is 19.1 Å². The lowest BCUT2D eigenvalue weighted by Crippen LogP contribution is -2.34. The average molecular weight is 717 g/mol. The molecule has 0 N–H and O–H groups in total. The third-order valence-electron chi connectivity index (χ3n) is 11.6. The van der Waals surface area contributed by atoms with E-state index in [0.717, 1.165) is 69.2 Å². The Hall–Kier alpha value is -4.72. The summed E-state index contributed by atoms with van der Waals surface area (Å²) in [5.41, 5.74) is 6.80. The summed E-state index contributed by atoms with van der Waals surface area (Å²) >= 11 is 0. The predicted octanol–water partition coefficient (Wildman–Crippen LogP) is 9.24. The summed E-state index contributed by atoms with van der Waals surface area (Å²) in [5.74, 6) is 0.941. The highest BCUT2D eigenvalue weighted by molar-refractivity contribution is 6.17. The van der Waals surface area contributed by atoms with Crippen LogP contribution in [-0.4, -0.2) is 42.8 Å². The molecule has 3 aromatic rings. The lowest BCUT2D eigenvalue weighted by molar-refractivity contribution is -0.134. The number of hydrogen-bond donors (Lipinski definition) is 0. The van der Waals surface area contributed by atoms with Crippen molar-refractivity contribution in [2.24, 2.45) is 28.7 Å². The number of aliphatic imine (C=N–C) groups is 1. The molecule has 3 heterocycles. The molecule has 4 atom stereocenters. The average Bonchev–Trinajstić information content (AvgIpc) is 3.44. The molecule has 0 bridgehead atoms. The highest BCUT2D eigenvalue weighted by Crippen LogP contribution is 2.39. The fourth-order valence-corrected chi connectivity index (χ4v) is 8.42. The minimum atomic E-state index is -0.639. The predicted molar refractivity (Wildman–Crippen MR) is 208 cm³/mol. The lowest BCUT2D eigenvalue weighted by atomic mass is 9.76. The van der Waals surface area contributed by atoms with Gasteiger partial charge in [-0.15, -0.1) is 0 Å². The number of para-hydroxylation sites is 1. The van der Waals surface area contributed by atoms with Crippen LogP contribution in [-0.2, 0) is 38.3 Å². The molecule has 4 unspecified atom stereocenters. The Kier molecular flexibility index (Phi) is 11.1. The van der Waals surface area contributed by atoms with Crippen LogP contribution in [0.5, 0.6) is 5.75 Å². The van der Waals surface area contributed by atoms with E-state index in [2.05, 4.69) is 37.8 Å². The van der Waals surface area contributed by atoms with E-state index >= 15 is 0 Å². The quantitative estimate of drug-likeness (QED) is 0.117. The number of allylic oxidation sites excluding steroid dienone is 1. The van der Waals surface area contributed by atoms with Gasteiger partial charge in [0.2, 0.25) is 11.7 Å². The molecule has 1 aliphatic carbocycles. The Labute approximate surface area is 313 Å². The number of ketones is 1. The topological polar surface area (TPSA) is 94.5 Å². The van der Waals surface area contributed by atoms with Crippen molar-refractivity contribution in [3.8, 4) is 5.75 Å². The van der Waals surface area contributed by atoms with Crippen LogP contribution in [0, 0.1) is 23.7 Å². The molecule has 0 amide bonds. The molecular formula is C45H52N2O6. The van der Waals surface area contributed by atoms with Crippen molar-refractivity contribution in [2.75, 3.05) is 18.0 Å². The third-order valence-corrected chi connectivity index (χ3v) is 11.6. The fraction of sp³-hybridized carbons (Fsp3) is 0.467. The summed E-state index contributed by atoms with van der Waals surface area (Å²) in [7, 11) is 0. The van der Waals surface area contributed by atoms with Gasteiger partial charge in [-0.2, -0.15) is 0 Å². The van der Waals surface area contributed by atoms with Crippen LogP contribution in [0.2, 0.25) is 0 Å². The molecule has 0 spiro atoms. The number of esters is 2. The first-order valence-electron chi connectivity index (χ1n) is 19.7. The van der Waals surface area contributed by atoms with Crippen LogP contribution in [0.15, 0.2) is 71.4 Å². The Morgan fingerprint density at radius 3 is 2.42 bits per heavy atom. The second kappa shape index (κ2) is 16.1. The van der Waals surface area contributed by atoms with Crippen LogP contribution >= 0.6 is 0 Å². The summed E-state index contributed by atoms with van der Waals surface area (Å²) in [4.78, 5) is 47.2. The molecule has 1 saturated heterocycles. The molecule has 7 rings (SSSR count). The number of rotatable bonds is 10. The number of nitrogens with zero attached hydrogens (tertiary/aromatic N) is 2. The van der Waals surface area contributed by atoms with E-state index in [1.54, 1.807) is 31.2 Å². The summed E-state index contributed by atoms with van der Waals surface area (Å²) in [6, 6.07) is 19.0. The number of carbonyl (C=O) groups is 3. The Bertz CT molecular complexity index is 1880. The molecule has 278 valence electrons. The molecule has 2 fully saturated rings. The van der Waals surface area contributed by atoms with Crippen molar-refractivity contribution < 1.29 is 28.6 Å². The van der Waals surface area contributed by atoms with Crippen molar-refractivity contribution >= 4 is 41.1 Å². The van der Waals surface area contributed by atoms with Gasteiger partial charge in [0, 0.05) is 25.2 Å². The smallest absolute Gasteiger partial charge is 0.340 e. The minimum absolute atomic E-state index is 0.124. The number of aryl methyl sites for hydroxylation is 3. The highest BCUT2D eigenvalue weighted by Gasteiger charge is 2.39. The molecule has 8 heteroatoms. The molecule has 3 aliphatic heterocycles. The van der Waals surface area contributed by atoms with Crippen molar-refractivity contribution in [3.05, 3.63) is 94.2 Å². The standard InChI is InChI=1S/C45H52N2O6/c1-5-41(48)51-35-19-15-30(16-20-35)17-21-37-43(49)40(26-31-24-33-10-8-22-47-23-9-11-34(25-31)42(33)47)52-44(37)46-38-13-7-6-12-36(38)45(50)53-39-27-32(28(2)3)18-14-29(39)4/h6-7,12-13,15-16,19-20,24-26,28-29,32,37,39H,5,8-11,14,17-18,21-23,27H2,1-4H3. The normalized spacial score (nSPS) is 23.9. The van der Waals surface area contributed by atoms with Gasteiger partial charge in [-0.05, 0) is 140 Å². The molecule has 0 radical (unpaired) electrons. The number of Topliss-reactive ketones (excluding diaryl/α,β-unsaturated/α-hetero) is 1. The van der Waals surface area contributed by atoms with E-state index in [0.29, 0.717) is 48.1 Å². The van der Waals surface area contributed by atoms with Gasteiger partial charge in [-0.1, -0.05) is 52.0 Å². The molecular weight excluding hydrogens is 665 g/mol. The van der Waals surface area contributed by atoms with E-state index in [9.17, 15) is 14.4 Å². The van der Waals surface area contributed by atoms with Crippen LogP contribution < -0.4 is 9.64 Å². The van der Waals surface area contributed by atoms with E-state index < -0.39 is 11.9 Å². The van der Waals surface area contributed by atoms with Crippen molar-refractivity contribution in [3.63, 3.8) is 0 Å². The molecule has 3 aromatic carbocycles. The van der Waals surface area contributed by atoms with Crippen molar-refractivity contribution in [2.45, 2.75) is 98.0 Å². The van der Waals surface area contributed by atoms with E-state index in [1.807, 2.05) is 30.3 Å². The van der Waals surface area contributed by atoms with Gasteiger partial charge in [0.15, 0.2) is 5.76 Å². The van der Waals surface area contributed by atoms with Crippen molar-refractivity contribution in [1.82, 2.24) is 0 Å². The first-order chi connectivity index (χ1) is 25.7. The lowest BCUT2D eigenvalue weighted by Gasteiger charge is -2.37. The molecule has 1 saturated carbocycles. The van der Waals surface area contributed by atoms with Gasteiger partial charge in [0.1, 0.15) is 17.8 Å². The number of ether oxygens (including phenoxy) is 3. The highest BCUT2D eigenvalue weighted by atomic mass is 16.5. The maximum absolute atomic E-state index is 14.2. The zero-order valence-electron chi connectivity index (χ0n) is 31.6. The van der Waals surface area contributed by atoms with Gasteiger partial charge in [-0.25, -0.2) is 9.79 Å². The maximum atomic E-state index is 14.2. The second-order valence-electron chi connectivity index (χ2n) is 15.6. The molecule has 53 heavy (non-hydrogen) atoms. The van der Waals surface area contributed by atoms with Gasteiger partial charge in [0.05, 0.1) is 11.3 Å². The molecule has 4 aliphatic rings. The summed E-state index contributed by atoms with van der Waals surface area (Å²) < 4.78 is 17.9. The second-order valence-corrected chi connectivity index (χ2v) is 15.6. The SMILES string of the molecule is CCC(=O)Oc1ccc(CCC2C(=O)C(=Cc3cc4c5c(c3)CCCN5CCC4)OC2=Nc2ccccc2C(=O)OC2CC(C(C)C)CCC2C)cc1.